The van der Waals surface area contributed by atoms with E-state index in [1.807, 2.05) is 61.5 Å². The molecule has 144 valence electrons. The molecule has 0 saturated heterocycles. The van der Waals surface area contributed by atoms with Crippen molar-refractivity contribution in [2.75, 3.05) is 0 Å². The third-order valence-corrected chi connectivity index (χ3v) is 4.42. The van der Waals surface area contributed by atoms with Gasteiger partial charge in [0, 0.05) is 6.92 Å². The Balaban J connectivity index is 1.63. The van der Waals surface area contributed by atoms with E-state index in [2.05, 4.69) is 20.7 Å². The number of aromatic nitrogens is 3. The highest BCUT2D eigenvalue weighted by molar-refractivity contribution is 5.79. The fraction of sp³-hybridized carbons (Fsp3) is 0.238. The Hall–Kier alpha value is -3.48. The maximum absolute atomic E-state index is 12.6. The molecule has 28 heavy (non-hydrogen) atoms. The molecule has 7 heteroatoms. The number of nitrogens with zero attached hydrogens (tertiary/aromatic N) is 3. The van der Waals surface area contributed by atoms with Crippen molar-refractivity contribution in [1.29, 1.82) is 0 Å². The zero-order valence-electron chi connectivity index (χ0n) is 15.9. The molecule has 2 atom stereocenters. The van der Waals surface area contributed by atoms with Crippen molar-refractivity contribution in [2.45, 2.75) is 32.4 Å². The van der Waals surface area contributed by atoms with Gasteiger partial charge in [-0.15, -0.1) is 0 Å². The first kappa shape index (κ1) is 19.3. The van der Waals surface area contributed by atoms with E-state index >= 15 is 0 Å². The van der Waals surface area contributed by atoms with Crippen LogP contribution in [0.3, 0.4) is 0 Å². The fourth-order valence-electron chi connectivity index (χ4n) is 3.01. The minimum absolute atomic E-state index is 0.129. The van der Waals surface area contributed by atoms with Crippen molar-refractivity contribution in [3.63, 3.8) is 0 Å². The van der Waals surface area contributed by atoms with E-state index in [4.69, 9.17) is 0 Å². The van der Waals surface area contributed by atoms with E-state index in [9.17, 15) is 9.59 Å². The van der Waals surface area contributed by atoms with E-state index < -0.39 is 0 Å². The van der Waals surface area contributed by atoms with E-state index in [1.165, 1.54) is 13.3 Å². The summed E-state index contributed by atoms with van der Waals surface area (Å²) in [6.45, 7) is 3.38. The van der Waals surface area contributed by atoms with Gasteiger partial charge in [-0.3, -0.25) is 9.59 Å². The van der Waals surface area contributed by atoms with Crippen LogP contribution in [0.25, 0.3) is 5.69 Å². The number of carbonyl (C=O) groups excluding carboxylic acids is 2. The molecule has 0 aliphatic heterocycles. The summed E-state index contributed by atoms with van der Waals surface area (Å²) in [4.78, 5) is 28.0. The van der Waals surface area contributed by atoms with Crippen LogP contribution in [0.2, 0.25) is 0 Å². The molecule has 0 spiro atoms. The van der Waals surface area contributed by atoms with Crippen molar-refractivity contribution < 1.29 is 9.59 Å². The Morgan fingerprint density at radius 3 is 2.32 bits per heavy atom. The van der Waals surface area contributed by atoms with Gasteiger partial charge in [0.25, 0.3) is 0 Å². The summed E-state index contributed by atoms with van der Waals surface area (Å²) >= 11 is 0. The highest BCUT2D eigenvalue weighted by Gasteiger charge is 2.18. The molecule has 3 aromatic rings. The van der Waals surface area contributed by atoms with Gasteiger partial charge in [-0.1, -0.05) is 42.5 Å². The zero-order chi connectivity index (χ0) is 19.9. The van der Waals surface area contributed by atoms with Gasteiger partial charge in [-0.2, -0.15) is 5.10 Å². The molecule has 2 amide bonds. The third kappa shape index (κ3) is 5.03. The molecule has 0 bridgehead atoms. The average Bonchev–Trinajstić information content (AvgIpc) is 3.22. The predicted molar refractivity (Wildman–Crippen MR) is 106 cm³/mol. The van der Waals surface area contributed by atoms with Gasteiger partial charge in [0.05, 0.1) is 24.2 Å². The van der Waals surface area contributed by atoms with Crippen LogP contribution >= 0.6 is 0 Å². The van der Waals surface area contributed by atoms with Crippen LogP contribution < -0.4 is 10.6 Å². The van der Waals surface area contributed by atoms with E-state index in [0.717, 1.165) is 16.8 Å². The van der Waals surface area contributed by atoms with Crippen LogP contribution in [0.1, 0.15) is 43.5 Å². The molecule has 2 aromatic carbocycles. The molecule has 1 heterocycles. The lowest BCUT2D eigenvalue weighted by molar-refractivity contribution is -0.123. The van der Waals surface area contributed by atoms with Crippen LogP contribution in [-0.4, -0.2) is 26.6 Å². The van der Waals surface area contributed by atoms with Gasteiger partial charge >= 0.3 is 0 Å². The molecule has 0 saturated carbocycles. The molecule has 1 aromatic heterocycles. The van der Waals surface area contributed by atoms with Crippen LogP contribution in [0.4, 0.5) is 0 Å². The van der Waals surface area contributed by atoms with Crippen molar-refractivity contribution >= 4 is 11.8 Å². The van der Waals surface area contributed by atoms with Crippen LogP contribution in [0.5, 0.6) is 0 Å². The summed E-state index contributed by atoms with van der Waals surface area (Å²) in [5.41, 5.74) is 2.78. The minimum Gasteiger partial charge on any atom is -0.350 e. The Morgan fingerprint density at radius 1 is 1.00 bits per heavy atom. The number of hydrogen-bond donors (Lipinski definition) is 2. The predicted octanol–water partition coefficient (Wildman–Crippen LogP) is 2.71. The first-order valence-corrected chi connectivity index (χ1v) is 9.09. The standard InChI is InChI=1S/C21H23N5O2/c1-15(17-8-10-19(11-9-17)26-14-22-13-23-26)24-21(28)12-20(25-16(2)27)18-6-4-3-5-7-18/h3-11,13-15,20H,12H2,1-2H3,(H,24,28)(H,25,27). The minimum atomic E-state index is -0.361. The molecule has 2 N–H and O–H groups in total. The summed E-state index contributed by atoms with van der Waals surface area (Å²) in [5, 5.41) is 9.94. The number of benzene rings is 2. The molecular formula is C21H23N5O2. The van der Waals surface area contributed by atoms with Crippen LogP contribution in [0.15, 0.2) is 67.3 Å². The van der Waals surface area contributed by atoms with Gasteiger partial charge < -0.3 is 10.6 Å². The van der Waals surface area contributed by atoms with Gasteiger partial charge in [-0.25, -0.2) is 9.67 Å². The van der Waals surface area contributed by atoms with E-state index in [-0.39, 0.29) is 30.3 Å². The van der Waals surface area contributed by atoms with Crippen molar-refractivity contribution in [3.05, 3.63) is 78.4 Å². The topological polar surface area (TPSA) is 88.9 Å². The quantitative estimate of drug-likeness (QED) is 0.663. The Kier molecular flexibility index (Phi) is 6.16. The second kappa shape index (κ2) is 8.94. The normalized spacial score (nSPS) is 12.8. The Bertz CT molecular complexity index is 908. The Morgan fingerprint density at radius 2 is 1.71 bits per heavy atom. The molecule has 7 nitrogen and oxygen atoms in total. The maximum Gasteiger partial charge on any atom is 0.222 e. The smallest absolute Gasteiger partial charge is 0.222 e. The van der Waals surface area contributed by atoms with E-state index in [0.29, 0.717) is 0 Å². The SMILES string of the molecule is CC(=O)NC(CC(=O)NC(C)c1ccc(-n2cncn2)cc1)c1ccccc1. The number of nitrogens with one attached hydrogen (secondary N) is 2. The molecule has 0 aliphatic carbocycles. The lowest BCUT2D eigenvalue weighted by Crippen LogP contribution is -2.33. The van der Waals surface area contributed by atoms with Gasteiger partial charge in [0.2, 0.25) is 11.8 Å². The fourth-order valence-corrected chi connectivity index (χ4v) is 3.01. The molecule has 3 rings (SSSR count). The summed E-state index contributed by atoms with van der Waals surface area (Å²) in [6.07, 6.45) is 3.28. The largest absolute Gasteiger partial charge is 0.350 e. The third-order valence-electron chi connectivity index (χ3n) is 4.42. The summed E-state index contributed by atoms with van der Waals surface area (Å²) in [7, 11) is 0. The number of carbonyl (C=O) groups is 2. The Labute approximate surface area is 163 Å². The van der Waals surface area contributed by atoms with E-state index in [1.54, 1.807) is 11.0 Å². The molecule has 0 fully saturated rings. The first-order valence-electron chi connectivity index (χ1n) is 9.09. The molecule has 0 aliphatic rings. The lowest BCUT2D eigenvalue weighted by atomic mass is 10.0. The number of amides is 2. The summed E-state index contributed by atoms with van der Waals surface area (Å²) in [5.74, 6) is -0.297. The number of hydrogen-bond acceptors (Lipinski definition) is 4. The van der Waals surface area contributed by atoms with Crippen molar-refractivity contribution in [1.82, 2.24) is 25.4 Å². The van der Waals surface area contributed by atoms with Gasteiger partial charge in [0.1, 0.15) is 12.7 Å². The second-order valence-corrected chi connectivity index (χ2v) is 6.59. The monoisotopic (exact) mass is 377 g/mol. The van der Waals surface area contributed by atoms with Crippen molar-refractivity contribution in [3.8, 4) is 5.69 Å². The zero-order valence-corrected chi connectivity index (χ0v) is 15.9. The average molecular weight is 377 g/mol. The van der Waals surface area contributed by atoms with Crippen LogP contribution in [0, 0.1) is 0 Å². The molecule has 2 unspecified atom stereocenters. The summed E-state index contributed by atoms with van der Waals surface area (Å²) < 4.78 is 1.67. The summed E-state index contributed by atoms with van der Waals surface area (Å²) in [6, 6.07) is 16.7. The first-order chi connectivity index (χ1) is 13.5. The van der Waals surface area contributed by atoms with Gasteiger partial charge in [0.15, 0.2) is 0 Å². The second-order valence-electron chi connectivity index (χ2n) is 6.59. The highest BCUT2D eigenvalue weighted by atomic mass is 16.2. The maximum atomic E-state index is 12.6. The lowest BCUT2D eigenvalue weighted by Gasteiger charge is -2.20. The molecule has 0 radical (unpaired) electrons. The van der Waals surface area contributed by atoms with Gasteiger partial charge in [-0.05, 0) is 30.2 Å². The number of rotatable bonds is 7. The van der Waals surface area contributed by atoms with Crippen molar-refractivity contribution in [2.24, 2.45) is 0 Å². The highest BCUT2D eigenvalue weighted by Crippen LogP contribution is 2.19. The van der Waals surface area contributed by atoms with Crippen LogP contribution in [-0.2, 0) is 9.59 Å². The molecular weight excluding hydrogens is 354 g/mol.